The van der Waals surface area contributed by atoms with E-state index in [0.717, 1.165) is 4.74 Å². The quantitative estimate of drug-likeness (QED) is 0.351. The van der Waals surface area contributed by atoms with E-state index in [4.69, 9.17) is 11.6 Å². The summed E-state index contributed by atoms with van der Waals surface area (Å²) in [5.41, 5.74) is 0. The molecule has 2 heteroatoms. The van der Waals surface area contributed by atoms with Gasteiger partial charge in [-0.3, -0.25) is 0 Å². The van der Waals surface area contributed by atoms with Crippen molar-refractivity contribution in [2.45, 2.75) is 11.6 Å². The van der Waals surface area contributed by atoms with E-state index in [1.54, 1.807) is 0 Å². The highest BCUT2D eigenvalue weighted by Crippen LogP contribution is 1.80. The molecule has 30 valence electrons. The first kappa shape index (κ1) is 5.82. The largest absolute Gasteiger partial charge is 0.276 e. The van der Waals surface area contributed by atoms with Crippen LogP contribution < -0.4 is 0 Å². The van der Waals surface area contributed by atoms with Gasteiger partial charge >= 0.3 is 0 Å². The van der Waals surface area contributed by atoms with Crippen molar-refractivity contribution >= 4 is 25.7 Å². The van der Waals surface area contributed by atoms with Crippen molar-refractivity contribution in [2.24, 2.45) is 0 Å². The summed E-state index contributed by atoms with van der Waals surface area (Å²) in [5, 5.41) is 0. The Hall–Kier alpha value is 0.822. The van der Waals surface area contributed by atoms with E-state index in [1.807, 2.05) is 0 Å². The van der Waals surface area contributed by atoms with Crippen LogP contribution >= 0.6 is 11.6 Å². The van der Waals surface area contributed by atoms with Gasteiger partial charge in [0.2, 0.25) is 0 Å². The number of hydrogen-bond acceptors (Lipinski definition) is 0. The zero-order valence-electron chi connectivity index (χ0n) is 3.66. The fourth-order valence-corrected chi connectivity index (χ4v) is 0. The molecule has 0 saturated heterocycles. The van der Waals surface area contributed by atoms with Crippen molar-refractivity contribution in [3.05, 3.63) is 0 Å². The lowest BCUT2D eigenvalue weighted by atomic mass is 11.8. The highest BCUT2D eigenvalue weighted by atomic mass is 35.5. The van der Waals surface area contributed by atoms with Gasteiger partial charge in [-0.1, -0.05) is 0 Å². The first-order chi connectivity index (χ1) is 2.27. The van der Waals surface area contributed by atoms with Crippen LogP contribution in [-0.2, 0) is 0 Å². The normalized spacial score (nSPS) is 7.80. The summed E-state index contributed by atoms with van der Waals surface area (Å²) in [5.74, 6) is 4.46. The topological polar surface area (TPSA) is 0 Å². The van der Waals surface area contributed by atoms with Crippen LogP contribution in [0.1, 0.15) is 0 Å². The van der Waals surface area contributed by atoms with Crippen molar-refractivity contribution in [3.63, 3.8) is 0 Å². The summed E-state index contributed by atoms with van der Waals surface area (Å²) < 4.78 is 0.917. The maximum atomic E-state index is 5.40. The van der Waals surface area contributed by atoms with Gasteiger partial charge in [-0.25, -0.2) is 0 Å². The number of rotatable bonds is 1. The highest BCUT2D eigenvalue weighted by Gasteiger charge is 1.94. The van der Waals surface area contributed by atoms with Gasteiger partial charge in [0, 0.05) is 0 Å². The second-order valence-corrected chi connectivity index (χ2v) is 5.57. The minimum absolute atomic E-state index is 0.384. The Morgan fingerprint density at radius 1 is 1.60 bits per heavy atom. The summed E-state index contributed by atoms with van der Waals surface area (Å²) in [6, 6.07) is 0. The average Bonchev–Trinajstić information content (AvgIpc) is 1.38. The lowest BCUT2D eigenvalue weighted by Crippen LogP contribution is -1.99. The Morgan fingerprint density at radius 3 is 1.80 bits per heavy atom. The third-order valence-corrected chi connectivity index (χ3v) is 2.78. The molecule has 0 heterocycles. The SMILES string of the molecule is [CH3][Al]([CH3])[CH2]Cl. The number of hydrogen-bond donors (Lipinski definition) is 0. The van der Waals surface area contributed by atoms with E-state index in [0.29, 0.717) is 0 Å². The Labute approximate surface area is 42.5 Å². The van der Waals surface area contributed by atoms with Crippen LogP contribution in [-0.4, -0.2) is 18.9 Å². The lowest BCUT2D eigenvalue weighted by molar-refractivity contribution is 1.85. The summed E-state index contributed by atoms with van der Waals surface area (Å²) in [7, 11) is 0. The highest BCUT2D eigenvalue weighted by molar-refractivity contribution is 6.64. The molecule has 0 amide bonds. The molecule has 0 aliphatic heterocycles. The number of alkyl halides is 1. The maximum absolute atomic E-state index is 5.40. The van der Waals surface area contributed by atoms with Crippen molar-refractivity contribution in [2.75, 3.05) is 4.74 Å². The van der Waals surface area contributed by atoms with Crippen LogP contribution in [0.4, 0.5) is 0 Å². The first-order valence-electron chi connectivity index (χ1n) is 1.83. The van der Waals surface area contributed by atoms with E-state index >= 15 is 0 Å². The van der Waals surface area contributed by atoms with Gasteiger partial charge in [0.1, 0.15) is 0 Å². The smallest absolute Gasteiger partial charge is 0.143 e. The van der Waals surface area contributed by atoms with Crippen molar-refractivity contribution in [1.29, 1.82) is 0 Å². The van der Waals surface area contributed by atoms with Crippen LogP contribution in [0.2, 0.25) is 11.6 Å². The predicted octanol–water partition coefficient (Wildman–Crippen LogP) is 1.52. The molecule has 0 nitrogen and oxygen atoms in total. The fourth-order valence-electron chi connectivity index (χ4n) is 0. The molecule has 0 radical (unpaired) electrons. The molecule has 0 aromatic carbocycles. The Balaban J connectivity index is 2.54. The molecule has 0 aliphatic rings. The maximum Gasteiger partial charge on any atom is 0.276 e. The van der Waals surface area contributed by atoms with Gasteiger partial charge in [-0.2, -0.15) is 0 Å². The van der Waals surface area contributed by atoms with E-state index in [-0.39, 0.29) is 14.1 Å². The fraction of sp³-hybridized carbons (Fsp3) is 1.00. The standard InChI is InChI=1S/CH2Cl.2CH3.Al/c1-2;;;/h1H2;2*1H3;. The summed E-state index contributed by atoms with van der Waals surface area (Å²) in [4.78, 5) is 0. The molecule has 0 N–H and O–H groups in total. The molecule has 0 aromatic heterocycles. The van der Waals surface area contributed by atoms with Gasteiger partial charge < -0.3 is 0 Å². The molecule has 0 fully saturated rings. The Morgan fingerprint density at radius 2 is 1.80 bits per heavy atom. The minimum atomic E-state index is -0.384. The Kier molecular flexibility index (Phi) is 3.53. The van der Waals surface area contributed by atoms with Crippen molar-refractivity contribution in [3.8, 4) is 0 Å². The second-order valence-electron chi connectivity index (χ2n) is 1.55. The monoisotopic (exact) mass is 106 g/mol. The zero-order valence-corrected chi connectivity index (χ0v) is 5.57. The molecule has 0 saturated carbocycles. The van der Waals surface area contributed by atoms with Crippen LogP contribution in [0.3, 0.4) is 0 Å². The molecule has 0 spiro atoms. The van der Waals surface area contributed by atoms with Gasteiger partial charge in [-0.05, 0) is 4.74 Å². The summed E-state index contributed by atoms with van der Waals surface area (Å²) >= 11 is 5.01. The summed E-state index contributed by atoms with van der Waals surface area (Å²) in [6.07, 6.45) is 0. The molecule has 0 rings (SSSR count). The molecular weight excluding hydrogens is 98.5 g/mol. The van der Waals surface area contributed by atoms with Crippen LogP contribution in [0.5, 0.6) is 0 Å². The second kappa shape index (κ2) is 3.03. The van der Waals surface area contributed by atoms with E-state index in [1.165, 1.54) is 0 Å². The molecule has 0 aliphatic carbocycles. The predicted molar refractivity (Wildman–Crippen MR) is 28.2 cm³/mol. The van der Waals surface area contributed by atoms with Crippen LogP contribution in [0, 0.1) is 0 Å². The molecule has 0 aromatic rings. The van der Waals surface area contributed by atoms with Crippen LogP contribution in [0.15, 0.2) is 0 Å². The molecule has 5 heavy (non-hydrogen) atoms. The van der Waals surface area contributed by atoms with Gasteiger partial charge in [0.15, 0.2) is 0 Å². The molecular formula is C3H8AlCl. The minimum Gasteiger partial charge on any atom is -0.143 e. The van der Waals surface area contributed by atoms with Gasteiger partial charge in [0.05, 0.1) is 0 Å². The van der Waals surface area contributed by atoms with E-state index in [9.17, 15) is 0 Å². The van der Waals surface area contributed by atoms with E-state index < -0.39 is 0 Å². The zero-order chi connectivity index (χ0) is 4.28. The van der Waals surface area contributed by atoms with Crippen molar-refractivity contribution < 1.29 is 0 Å². The molecule has 0 atom stereocenters. The van der Waals surface area contributed by atoms with Crippen molar-refractivity contribution in [1.82, 2.24) is 0 Å². The van der Waals surface area contributed by atoms with E-state index in [2.05, 4.69) is 11.6 Å². The van der Waals surface area contributed by atoms with Crippen LogP contribution in [0.25, 0.3) is 0 Å². The van der Waals surface area contributed by atoms with Gasteiger partial charge in [-0.15, -0.1) is 23.2 Å². The lowest BCUT2D eigenvalue weighted by Gasteiger charge is -1.78. The van der Waals surface area contributed by atoms with Gasteiger partial charge in [0.25, 0.3) is 14.1 Å². The Bertz CT molecular complexity index is 20.9. The third kappa shape index (κ3) is 4.82. The average molecular weight is 107 g/mol. The third-order valence-electron chi connectivity index (χ3n) is 0.309. The summed E-state index contributed by atoms with van der Waals surface area (Å²) in [6.45, 7) is 0. The number of halogens is 1. The molecule has 0 bridgehead atoms. The molecule has 0 unspecified atom stereocenters. The first-order valence-corrected chi connectivity index (χ1v) is 5.49.